The molecular weight excluding hydrogens is 1480 g/mol. The molecule has 0 spiro atoms. The lowest BCUT2D eigenvalue weighted by Gasteiger charge is -2.11. The second-order valence-electron chi connectivity index (χ2n) is 24.5. The number of nitrogens with zero attached hydrogens (tertiary/aromatic N) is 3. The van der Waals surface area contributed by atoms with Gasteiger partial charge in [0.15, 0.2) is 0 Å². The molecule has 0 aliphatic rings. The highest BCUT2D eigenvalue weighted by atomic mass is 16.6. The first-order valence-corrected chi connectivity index (χ1v) is 37.3. The summed E-state index contributed by atoms with van der Waals surface area (Å²) in [6.07, 6.45) is 15.5. The van der Waals surface area contributed by atoms with Gasteiger partial charge in [0.1, 0.15) is 60.9 Å². The van der Waals surface area contributed by atoms with E-state index in [1.165, 1.54) is 30.4 Å². The van der Waals surface area contributed by atoms with Crippen LogP contribution in [0.5, 0.6) is 0 Å². The van der Waals surface area contributed by atoms with Gasteiger partial charge < -0.3 is 33.2 Å². The summed E-state index contributed by atoms with van der Waals surface area (Å²) in [5.74, 6) is -5.95. The Morgan fingerprint density at radius 2 is 0.441 bits per heavy atom. The fourth-order valence-corrected chi connectivity index (χ4v) is 11.2. The van der Waals surface area contributed by atoms with Gasteiger partial charge in [-0.1, -0.05) is 341 Å². The predicted octanol–water partition coefficient (Wildman–Crippen LogP) is 19.7. The smallest absolute Gasteiger partial charge is 0.349 e. The second kappa shape index (κ2) is 50.4. The highest BCUT2D eigenvalue weighted by Gasteiger charge is 2.24. The van der Waals surface area contributed by atoms with E-state index < -0.39 is 41.8 Å². The minimum atomic E-state index is -0.962. The zero-order valence-corrected chi connectivity index (χ0v) is 64.6. The van der Waals surface area contributed by atoms with Crippen molar-refractivity contribution in [2.45, 2.75) is 28.2 Å². The maximum Gasteiger partial charge on any atom is 0.349 e. The standard InChI is InChI=1S/C42H38O8.C38H28N2O4.C20H17NO2.CH4/c1-3-47-39(43)37(27-25-35(31-17-9-5-10-18-31)32-19-11-6-12-20-32)41(45)49-29-30-50-42(46)38(40(44)48-4-2)28-26-36(33-21-13-7-14-22-33)34-23-15-8-16-24-34;1-40-36(25-24-35(31-18-10-4-11-19-31)32-20-12-5-13-21-32)38(42)44-27-26-43-37(41)33(28-39)22-23-34(29-14-6-2-7-15-29)30-16-8-3-9-17-30;1-2-23-20(22)18(15-21)13-14-19(16-9-5-3-6-10-16)17-11-7-4-8-12-17;/h5-28H,3-4,29-30H2,1-2H3;2-25H,26-27H2;3-14H,2H2,1H3;1H4/b37-27-,38-28-;33-22-,36-25+;18-13+;. The first-order chi connectivity index (χ1) is 57.3. The SMILES string of the molecule is C.CCOC(=O)/C(=C/C=C(c1ccccc1)c1ccccc1)C(=O)OCCOC(=O)/C(=C\C=C(c1ccccc1)c1ccccc1)C(=O)OCC.CCOC(=O)/C(C#N)=C/C=C(c1ccccc1)c1ccccc1.[C-]#[N+]/C(=C/C=C(c1ccccc1)c1ccccc1)C(=O)OCCOC(=O)/C(C#N)=C\C=C(c1ccccc1)c1ccccc1. The second-order valence-corrected chi connectivity index (χ2v) is 24.5. The zero-order valence-electron chi connectivity index (χ0n) is 64.6. The maximum absolute atomic E-state index is 13.1. The molecule has 10 aromatic rings. The first kappa shape index (κ1) is 89.6. The molecule has 0 heterocycles. The van der Waals surface area contributed by atoms with E-state index in [1.807, 2.05) is 315 Å². The molecule has 0 saturated carbocycles. The molecular formula is C101H87N3O14. The molecule has 0 amide bonds. The van der Waals surface area contributed by atoms with Crippen LogP contribution in [0.25, 0.3) is 32.7 Å². The van der Waals surface area contributed by atoms with Crippen molar-refractivity contribution < 1.29 is 66.7 Å². The number of carbonyl (C=O) groups excluding carboxylic acids is 7. The summed E-state index contributed by atoms with van der Waals surface area (Å²) >= 11 is 0. The summed E-state index contributed by atoms with van der Waals surface area (Å²) in [4.78, 5) is 92.0. The van der Waals surface area contributed by atoms with E-state index in [4.69, 9.17) is 45.0 Å². The number of hydrogen-bond donors (Lipinski definition) is 0. The van der Waals surface area contributed by atoms with E-state index in [-0.39, 0.29) is 81.7 Å². The molecule has 0 saturated heterocycles. The highest BCUT2D eigenvalue weighted by molar-refractivity contribution is 6.15. The minimum absolute atomic E-state index is 0. The molecule has 0 unspecified atom stereocenters. The fraction of sp³-hybridized carbons (Fsp3) is 0.109. The summed E-state index contributed by atoms with van der Waals surface area (Å²) in [5, 5.41) is 18.7. The van der Waals surface area contributed by atoms with Crippen molar-refractivity contribution in [2.75, 3.05) is 46.2 Å². The van der Waals surface area contributed by atoms with Gasteiger partial charge in [0.05, 0.1) is 26.4 Å². The van der Waals surface area contributed by atoms with E-state index >= 15 is 0 Å². The van der Waals surface area contributed by atoms with Crippen LogP contribution in [0.4, 0.5) is 0 Å². The van der Waals surface area contributed by atoms with Crippen molar-refractivity contribution >= 4 is 69.7 Å². The van der Waals surface area contributed by atoms with Gasteiger partial charge >= 0.3 is 41.8 Å². The molecule has 17 nitrogen and oxygen atoms in total. The summed E-state index contributed by atoms with van der Waals surface area (Å²) in [6.45, 7) is 11.4. The van der Waals surface area contributed by atoms with Crippen LogP contribution in [-0.4, -0.2) is 88.0 Å². The summed E-state index contributed by atoms with van der Waals surface area (Å²) in [6, 6.07) is 99.9. The van der Waals surface area contributed by atoms with Gasteiger partial charge in [-0.2, -0.15) is 10.5 Å². The van der Waals surface area contributed by atoms with Crippen molar-refractivity contribution in [3.8, 4) is 12.1 Å². The largest absolute Gasteiger partial charge is 0.467 e. The molecule has 0 aliphatic carbocycles. The van der Waals surface area contributed by atoms with Gasteiger partial charge in [-0.3, -0.25) is 4.79 Å². The van der Waals surface area contributed by atoms with E-state index in [0.29, 0.717) is 0 Å². The average molecular weight is 1570 g/mol. The number of esters is 7. The molecule has 10 aromatic carbocycles. The van der Waals surface area contributed by atoms with E-state index in [2.05, 4.69) is 4.85 Å². The molecule has 0 radical (unpaired) electrons. The summed E-state index contributed by atoms with van der Waals surface area (Å²) in [5.41, 5.74) is 12.2. The number of benzene rings is 10. The van der Waals surface area contributed by atoms with Gasteiger partial charge in [0.2, 0.25) is 0 Å². The number of hydrogen-bond acceptors (Lipinski definition) is 16. The Balaban J connectivity index is 0.000000258. The van der Waals surface area contributed by atoms with Gasteiger partial charge in [-0.15, -0.1) is 0 Å². The molecule has 0 N–H and O–H groups in total. The molecule has 17 heteroatoms. The Hall–Kier alpha value is -15.6. The molecule has 0 aliphatic heterocycles. The van der Waals surface area contributed by atoms with E-state index in [1.54, 1.807) is 51.2 Å². The predicted molar refractivity (Wildman–Crippen MR) is 459 cm³/mol. The third kappa shape index (κ3) is 28.5. The zero-order chi connectivity index (χ0) is 83.0. The molecule has 0 bridgehead atoms. The molecule has 0 aromatic heterocycles. The molecule has 0 fully saturated rings. The van der Waals surface area contributed by atoms with Crippen molar-refractivity contribution in [3.63, 3.8) is 0 Å². The Labute approximate surface area is 688 Å². The first-order valence-electron chi connectivity index (χ1n) is 37.3. The number of rotatable bonds is 31. The number of allylic oxidation sites excluding steroid dienone is 10. The molecule has 118 heavy (non-hydrogen) atoms. The molecule has 10 rings (SSSR count). The van der Waals surface area contributed by atoms with Crippen LogP contribution in [0.2, 0.25) is 0 Å². The van der Waals surface area contributed by atoms with Crippen LogP contribution < -0.4 is 0 Å². The van der Waals surface area contributed by atoms with Crippen LogP contribution in [0.15, 0.2) is 392 Å². The van der Waals surface area contributed by atoms with Crippen LogP contribution in [0.3, 0.4) is 0 Å². The van der Waals surface area contributed by atoms with E-state index in [9.17, 15) is 38.8 Å². The fourth-order valence-electron chi connectivity index (χ4n) is 11.2. The van der Waals surface area contributed by atoms with Gasteiger partial charge in [0, 0.05) is 0 Å². The van der Waals surface area contributed by atoms with Crippen LogP contribution in [0, 0.1) is 29.2 Å². The van der Waals surface area contributed by atoms with Gasteiger partial charge in [-0.25, -0.2) is 33.6 Å². The lowest BCUT2D eigenvalue weighted by Crippen LogP contribution is -2.22. The maximum atomic E-state index is 13.1. The number of nitriles is 2. The van der Waals surface area contributed by atoms with Crippen LogP contribution >= 0.6 is 0 Å². The summed E-state index contributed by atoms with van der Waals surface area (Å²) < 4.78 is 36.1. The van der Waals surface area contributed by atoms with Gasteiger partial charge in [-0.05, 0) is 135 Å². The molecule has 0 atom stereocenters. The van der Waals surface area contributed by atoms with Crippen molar-refractivity contribution in [1.82, 2.24) is 0 Å². The highest BCUT2D eigenvalue weighted by Crippen LogP contribution is 2.29. The minimum Gasteiger partial charge on any atom is -0.467 e. The van der Waals surface area contributed by atoms with Crippen molar-refractivity contribution in [1.29, 1.82) is 10.5 Å². The summed E-state index contributed by atoms with van der Waals surface area (Å²) in [7, 11) is 0. The molecule has 590 valence electrons. The third-order valence-electron chi connectivity index (χ3n) is 16.7. The third-order valence-corrected chi connectivity index (χ3v) is 16.7. The lowest BCUT2D eigenvalue weighted by molar-refractivity contribution is -0.153. The van der Waals surface area contributed by atoms with Gasteiger partial charge in [0.25, 0.3) is 5.70 Å². The Bertz CT molecular complexity index is 4950. The quantitative estimate of drug-likeness (QED) is 0.00452. The lowest BCUT2D eigenvalue weighted by atomic mass is 9.97. The Morgan fingerprint density at radius 3 is 0.653 bits per heavy atom. The van der Waals surface area contributed by atoms with Crippen molar-refractivity contribution in [3.05, 3.63) is 459 Å². The van der Waals surface area contributed by atoms with E-state index in [0.717, 1.165) is 83.5 Å². The Morgan fingerprint density at radius 1 is 0.263 bits per heavy atom. The van der Waals surface area contributed by atoms with Crippen LogP contribution in [0.1, 0.15) is 83.8 Å². The Kier molecular flexibility index (Phi) is 38.2. The normalized spacial score (nSPS) is 10.8. The van der Waals surface area contributed by atoms with Crippen molar-refractivity contribution in [2.24, 2.45) is 0 Å². The topological polar surface area (TPSA) is 236 Å². The monoisotopic (exact) mass is 1570 g/mol. The number of carbonyl (C=O) groups is 7. The average Bonchev–Trinajstić information content (AvgIpc) is 0.862. The number of ether oxygens (including phenoxy) is 7. The van der Waals surface area contributed by atoms with Crippen LogP contribution in [-0.2, 0) is 66.7 Å².